The van der Waals surface area contributed by atoms with E-state index in [4.69, 9.17) is 9.84 Å². The number of hydrogen-bond donors (Lipinski definition) is 2. The standard InChI is InChI=1S/C16H16N2O6/c1-8(16(22)23)24-12-4-2-3-9-10(12)7-18(15(9)21)11-5-6-13(19)17-14(11)20/h2-4,8,11H,5-7H2,1H3,(H,22,23)(H,17,19,20)/t8-,11+/m0/s1. The minimum Gasteiger partial charge on any atom is -0.479 e. The molecule has 24 heavy (non-hydrogen) atoms. The molecule has 0 aromatic heterocycles. The lowest BCUT2D eigenvalue weighted by atomic mass is 10.0. The van der Waals surface area contributed by atoms with Gasteiger partial charge in [-0.2, -0.15) is 0 Å². The number of carbonyl (C=O) groups is 4. The van der Waals surface area contributed by atoms with Crippen LogP contribution < -0.4 is 10.1 Å². The second kappa shape index (κ2) is 5.95. The summed E-state index contributed by atoms with van der Waals surface area (Å²) in [6.45, 7) is 1.54. The van der Waals surface area contributed by atoms with Crippen molar-refractivity contribution in [2.75, 3.05) is 0 Å². The topological polar surface area (TPSA) is 113 Å². The van der Waals surface area contributed by atoms with Crippen LogP contribution in [0.4, 0.5) is 0 Å². The van der Waals surface area contributed by atoms with Crippen molar-refractivity contribution < 1.29 is 29.0 Å². The van der Waals surface area contributed by atoms with Crippen molar-refractivity contribution in [2.45, 2.75) is 38.5 Å². The van der Waals surface area contributed by atoms with Crippen molar-refractivity contribution in [3.8, 4) is 5.75 Å². The van der Waals surface area contributed by atoms with Crippen LogP contribution in [0.3, 0.4) is 0 Å². The van der Waals surface area contributed by atoms with Gasteiger partial charge in [-0.3, -0.25) is 19.7 Å². The third-order valence-corrected chi connectivity index (χ3v) is 4.19. The predicted molar refractivity (Wildman–Crippen MR) is 80.2 cm³/mol. The van der Waals surface area contributed by atoms with Crippen LogP contribution >= 0.6 is 0 Å². The van der Waals surface area contributed by atoms with Gasteiger partial charge in [0.25, 0.3) is 5.91 Å². The van der Waals surface area contributed by atoms with Crippen LogP contribution in [0.25, 0.3) is 0 Å². The fourth-order valence-corrected chi connectivity index (χ4v) is 2.91. The minimum atomic E-state index is -1.11. The first-order valence-electron chi connectivity index (χ1n) is 7.54. The summed E-state index contributed by atoms with van der Waals surface area (Å²) >= 11 is 0. The van der Waals surface area contributed by atoms with Crippen LogP contribution in [0.1, 0.15) is 35.7 Å². The van der Waals surface area contributed by atoms with E-state index in [9.17, 15) is 19.2 Å². The Morgan fingerprint density at radius 3 is 2.79 bits per heavy atom. The van der Waals surface area contributed by atoms with E-state index in [1.54, 1.807) is 18.2 Å². The van der Waals surface area contributed by atoms with Crippen molar-refractivity contribution in [3.63, 3.8) is 0 Å². The molecule has 0 unspecified atom stereocenters. The Labute approximate surface area is 137 Å². The summed E-state index contributed by atoms with van der Waals surface area (Å²) in [5.41, 5.74) is 0.940. The molecule has 3 rings (SSSR count). The summed E-state index contributed by atoms with van der Waals surface area (Å²) in [7, 11) is 0. The highest BCUT2D eigenvalue weighted by molar-refractivity contribution is 6.05. The zero-order valence-electron chi connectivity index (χ0n) is 12.9. The van der Waals surface area contributed by atoms with E-state index in [1.165, 1.54) is 11.8 Å². The molecule has 1 saturated heterocycles. The van der Waals surface area contributed by atoms with Crippen LogP contribution in [0.5, 0.6) is 5.75 Å². The summed E-state index contributed by atoms with van der Waals surface area (Å²) in [5.74, 6) is -1.97. The highest BCUT2D eigenvalue weighted by Gasteiger charge is 2.40. The van der Waals surface area contributed by atoms with Gasteiger partial charge >= 0.3 is 5.97 Å². The van der Waals surface area contributed by atoms with E-state index in [-0.39, 0.29) is 31.2 Å². The molecule has 8 nitrogen and oxygen atoms in total. The van der Waals surface area contributed by atoms with Gasteiger partial charge < -0.3 is 14.7 Å². The molecule has 3 amide bonds. The van der Waals surface area contributed by atoms with E-state index in [2.05, 4.69) is 5.32 Å². The third kappa shape index (κ3) is 2.70. The van der Waals surface area contributed by atoms with E-state index in [1.807, 2.05) is 0 Å². The summed E-state index contributed by atoms with van der Waals surface area (Å²) < 4.78 is 5.41. The summed E-state index contributed by atoms with van der Waals surface area (Å²) in [4.78, 5) is 48.2. The summed E-state index contributed by atoms with van der Waals surface area (Å²) in [6.07, 6.45) is -0.613. The molecule has 2 aliphatic heterocycles. The molecule has 2 heterocycles. The van der Waals surface area contributed by atoms with E-state index < -0.39 is 24.0 Å². The number of carbonyl (C=O) groups excluding carboxylic acids is 3. The highest BCUT2D eigenvalue weighted by Crippen LogP contribution is 2.33. The molecular formula is C16H16N2O6. The molecule has 0 saturated carbocycles. The lowest BCUT2D eigenvalue weighted by Crippen LogP contribution is -2.52. The van der Waals surface area contributed by atoms with Crippen LogP contribution in [0, 0.1) is 0 Å². The maximum Gasteiger partial charge on any atom is 0.344 e. The number of hydrogen-bond acceptors (Lipinski definition) is 5. The Hall–Kier alpha value is -2.90. The first-order chi connectivity index (χ1) is 11.4. The Kier molecular flexibility index (Phi) is 3.96. The molecule has 0 bridgehead atoms. The molecule has 1 fully saturated rings. The number of nitrogens with one attached hydrogen (secondary N) is 1. The van der Waals surface area contributed by atoms with Gasteiger partial charge in [-0.15, -0.1) is 0 Å². The maximum atomic E-state index is 12.6. The molecule has 0 radical (unpaired) electrons. The Balaban J connectivity index is 1.86. The number of rotatable bonds is 4. The first-order valence-corrected chi connectivity index (χ1v) is 7.54. The number of imide groups is 1. The van der Waals surface area contributed by atoms with Crippen LogP contribution in [0.2, 0.25) is 0 Å². The van der Waals surface area contributed by atoms with Crippen LogP contribution in [-0.4, -0.2) is 45.8 Å². The van der Waals surface area contributed by atoms with Crippen molar-refractivity contribution in [2.24, 2.45) is 0 Å². The number of fused-ring (bicyclic) bond motifs is 1. The van der Waals surface area contributed by atoms with Crippen molar-refractivity contribution in [3.05, 3.63) is 29.3 Å². The second-order valence-electron chi connectivity index (χ2n) is 5.78. The monoisotopic (exact) mass is 332 g/mol. The molecule has 0 spiro atoms. The molecule has 2 atom stereocenters. The maximum absolute atomic E-state index is 12.6. The molecule has 1 aromatic rings. The van der Waals surface area contributed by atoms with E-state index in [0.717, 1.165) is 0 Å². The number of piperidine rings is 1. The van der Waals surface area contributed by atoms with Gasteiger partial charge in [-0.1, -0.05) is 6.07 Å². The molecule has 8 heteroatoms. The Morgan fingerprint density at radius 2 is 2.12 bits per heavy atom. The summed E-state index contributed by atoms with van der Waals surface area (Å²) in [6, 6.07) is 4.10. The van der Waals surface area contributed by atoms with Crippen molar-refractivity contribution >= 4 is 23.7 Å². The number of ether oxygens (including phenoxy) is 1. The predicted octanol–water partition coefficient (Wildman–Crippen LogP) is 0.299. The SMILES string of the molecule is C[C@H](Oc1cccc2c1CN([C@@H]1CCC(=O)NC1=O)C2=O)C(=O)O. The largest absolute Gasteiger partial charge is 0.479 e. The number of carboxylic acid groups (broad SMARTS) is 1. The number of benzene rings is 1. The lowest BCUT2D eigenvalue weighted by Gasteiger charge is -2.29. The van der Waals surface area contributed by atoms with Crippen LogP contribution in [-0.2, 0) is 20.9 Å². The van der Waals surface area contributed by atoms with Gasteiger partial charge in [-0.25, -0.2) is 4.79 Å². The molecule has 0 aliphatic carbocycles. The Morgan fingerprint density at radius 1 is 1.38 bits per heavy atom. The molecule has 126 valence electrons. The average molecular weight is 332 g/mol. The second-order valence-corrected chi connectivity index (χ2v) is 5.78. The fraction of sp³-hybridized carbons (Fsp3) is 0.375. The molecule has 2 aliphatic rings. The third-order valence-electron chi connectivity index (χ3n) is 4.19. The van der Waals surface area contributed by atoms with E-state index in [0.29, 0.717) is 16.9 Å². The highest BCUT2D eigenvalue weighted by atomic mass is 16.5. The normalized spacial score (nSPS) is 21.3. The van der Waals surface area contributed by atoms with Gasteiger partial charge in [0, 0.05) is 17.5 Å². The zero-order valence-corrected chi connectivity index (χ0v) is 12.9. The van der Waals surface area contributed by atoms with Gasteiger partial charge in [0.05, 0.1) is 6.54 Å². The van der Waals surface area contributed by atoms with Gasteiger partial charge in [0.1, 0.15) is 11.8 Å². The van der Waals surface area contributed by atoms with Crippen molar-refractivity contribution in [1.29, 1.82) is 0 Å². The number of carboxylic acids is 1. The van der Waals surface area contributed by atoms with Gasteiger partial charge in [0.2, 0.25) is 11.8 Å². The minimum absolute atomic E-state index is 0.142. The summed E-state index contributed by atoms with van der Waals surface area (Å²) in [5, 5.41) is 11.2. The number of amides is 3. The zero-order chi connectivity index (χ0) is 17.4. The molecular weight excluding hydrogens is 316 g/mol. The smallest absolute Gasteiger partial charge is 0.344 e. The average Bonchev–Trinajstić information content (AvgIpc) is 2.85. The first kappa shape index (κ1) is 16.0. The van der Waals surface area contributed by atoms with Gasteiger partial charge in [-0.05, 0) is 25.5 Å². The fourth-order valence-electron chi connectivity index (χ4n) is 2.91. The van der Waals surface area contributed by atoms with Crippen molar-refractivity contribution in [1.82, 2.24) is 10.2 Å². The lowest BCUT2D eigenvalue weighted by molar-refractivity contribution is -0.144. The van der Waals surface area contributed by atoms with Crippen LogP contribution in [0.15, 0.2) is 18.2 Å². The quantitative estimate of drug-likeness (QED) is 0.767. The molecule has 2 N–H and O–H groups in total. The number of nitrogens with zero attached hydrogens (tertiary/aromatic N) is 1. The van der Waals surface area contributed by atoms with E-state index >= 15 is 0 Å². The molecule has 1 aromatic carbocycles. The Bertz CT molecular complexity index is 744. The van der Waals surface area contributed by atoms with Gasteiger partial charge in [0.15, 0.2) is 6.10 Å². The number of aliphatic carboxylic acids is 1.